The normalized spacial score (nSPS) is 13.4. The van der Waals surface area contributed by atoms with Crippen LogP contribution in [0.2, 0.25) is 5.02 Å². The number of carbonyl (C=O) groups is 1. The summed E-state index contributed by atoms with van der Waals surface area (Å²) in [5.74, 6) is -0.0729. The average Bonchev–Trinajstić information content (AvgIpc) is 2.70. The molecule has 1 N–H and O–H groups in total. The molecule has 0 aromatic heterocycles. The molecule has 0 spiro atoms. The molecule has 2 aromatic rings. The largest absolute Gasteiger partial charge is 0.495 e. The van der Waals surface area contributed by atoms with Crippen LogP contribution in [-0.4, -0.2) is 33.7 Å². The number of hydrogen-bond acceptors (Lipinski definition) is 4. The number of halogens is 1. The summed E-state index contributed by atoms with van der Waals surface area (Å²) < 4.78 is 31.8. The van der Waals surface area contributed by atoms with Gasteiger partial charge in [-0.1, -0.05) is 49.7 Å². The first-order chi connectivity index (χ1) is 14.1. The van der Waals surface area contributed by atoms with Crippen molar-refractivity contribution in [3.8, 4) is 5.75 Å². The molecule has 2 aromatic carbocycles. The van der Waals surface area contributed by atoms with E-state index in [2.05, 4.69) is 12.2 Å². The molecule has 0 aliphatic heterocycles. The highest BCUT2D eigenvalue weighted by Crippen LogP contribution is 2.35. The fourth-order valence-electron chi connectivity index (χ4n) is 3.31. The lowest BCUT2D eigenvalue weighted by molar-refractivity contribution is -0.122. The molecular formula is C22H29ClN2O4S. The van der Waals surface area contributed by atoms with Gasteiger partial charge in [0.25, 0.3) is 0 Å². The van der Waals surface area contributed by atoms with E-state index < -0.39 is 22.0 Å². The monoisotopic (exact) mass is 452 g/mol. The van der Waals surface area contributed by atoms with E-state index in [4.69, 9.17) is 16.3 Å². The number of anilines is 1. The van der Waals surface area contributed by atoms with Crippen LogP contribution >= 0.6 is 11.6 Å². The van der Waals surface area contributed by atoms with Crippen LogP contribution in [0, 0.1) is 0 Å². The Balaban J connectivity index is 2.37. The van der Waals surface area contributed by atoms with Crippen LogP contribution in [-0.2, 0) is 21.2 Å². The predicted octanol–water partition coefficient (Wildman–Crippen LogP) is 4.33. The molecule has 0 aliphatic rings. The standard InChI is InChI=1S/C22H29ClN2O4S/c1-6-16-8-10-17(11-9-16)15(3)24-22(26)19(7-2)25(30(5,27)28)20-14-18(23)12-13-21(20)29-4/h8-15,19H,6-7H2,1-5H3,(H,24,26)/t15-,19-/m0/s1. The number of hydrogen-bond donors (Lipinski definition) is 1. The number of aryl methyl sites for hydroxylation is 1. The lowest BCUT2D eigenvalue weighted by Crippen LogP contribution is -2.49. The SMILES string of the molecule is CCc1ccc([C@H](C)NC(=O)[C@H](CC)N(c2cc(Cl)ccc2OC)S(C)(=O)=O)cc1. The smallest absolute Gasteiger partial charge is 0.244 e. The maximum atomic E-state index is 13.1. The number of carbonyl (C=O) groups excluding carboxylic acids is 1. The molecule has 0 aliphatic carbocycles. The zero-order valence-corrected chi connectivity index (χ0v) is 19.5. The number of nitrogens with zero attached hydrogens (tertiary/aromatic N) is 1. The van der Waals surface area contributed by atoms with E-state index in [1.807, 2.05) is 31.2 Å². The van der Waals surface area contributed by atoms with Crippen LogP contribution in [0.1, 0.15) is 44.4 Å². The molecule has 0 fully saturated rings. The Morgan fingerprint density at radius 1 is 1.17 bits per heavy atom. The van der Waals surface area contributed by atoms with Gasteiger partial charge in [-0.05, 0) is 49.1 Å². The van der Waals surface area contributed by atoms with Crippen LogP contribution in [0.3, 0.4) is 0 Å². The van der Waals surface area contributed by atoms with Crippen molar-refractivity contribution in [1.82, 2.24) is 5.32 Å². The van der Waals surface area contributed by atoms with E-state index in [0.29, 0.717) is 10.8 Å². The van der Waals surface area contributed by atoms with Crippen molar-refractivity contribution < 1.29 is 17.9 Å². The van der Waals surface area contributed by atoms with Crippen molar-refractivity contribution in [2.75, 3.05) is 17.7 Å². The summed E-state index contributed by atoms with van der Waals surface area (Å²) in [6.07, 6.45) is 2.27. The van der Waals surface area contributed by atoms with Crippen LogP contribution in [0.25, 0.3) is 0 Å². The second-order valence-electron chi connectivity index (χ2n) is 7.12. The van der Waals surface area contributed by atoms with Crippen molar-refractivity contribution in [3.05, 3.63) is 58.6 Å². The van der Waals surface area contributed by atoms with Crippen molar-refractivity contribution >= 4 is 33.2 Å². The zero-order chi connectivity index (χ0) is 22.5. The van der Waals surface area contributed by atoms with Gasteiger partial charge in [-0.3, -0.25) is 9.10 Å². The van der Waals surface area contributed by atoms with Crippen LogP contribution in [0.5, 0.6) is 5.75 Å². The Morgan fingerprint density at radius 2 is 1.80 bits per heavy atom. The number of rotatable bonds is 9. The quantitative estimate of drug-likeness (QED) is 0.614. The van der Waals surface area contributed by atoms with E-state index >= 15 is 0 Å². The highest BCUT2D eigenvalue weighted by Gasteiger charge is 2.34. The number of nitrogens with one attached hydrogen (secondary N) is 1. The number of amides is 1. The van der Waals surface area contributed by atoms with Gasteiger partial charge >= 0.3 is 0 Å². The molecule has 164 valence electrons. The molecule has 2 rings (SSSR count). The Bertz CT molecular complexity index is 977. The Kier molecular flexibility index (Phi) is 8.15. The summed E-state index contributed by atoms with van der Waals surface area (Å²) in [5.41, 5.74) is 2.39. The Labute approximate surface area is 184 Å². The molecule has 6 nitrogen and oxygen atoms in total. The summed E-state index contributed by atoms with van der Waals surface area (Å²) in [7, 11) is -2.36. The zero-order valence-electron chi connectivity index (χ0n) is 18.0. The average molecular weight is 453 g/mol. The van der Waals surface area contributed by atoms with Gasteiger partial charge in [-0.2, -0.15) is 0 Å². The van der Waals surface area contributed by atoms with Crippen LogP contribution in [0.15, 0.2) is 42.5 Å². The molecule has 0 unspecified atom stereocenters. The van der Waals surface area contributed by atoms with Gasteiger partial charge in [0.15, 0.2) is 0 Å². The van der Waals surface area contributed by atoms with E-state index in [0.717, 1.165) is 22.5 Å². The molecule has 1 amide bonds. The lowest BCUT2D eigenvalue weighted by atomic mass is 10.0. The molecule has 0 saturated carbocycles. The lowest BCUT2D eigenvalue weighted by Gasteiger charge is -2.32. The van der Waals surface area contributed by atoms with E-state index in [-0.39, 0.29) is 18.2 Å². The number of benzene rings is 2. The Morgan fingerprint density at radius 3 is 2.30 bits per heavy atom. The minimum absolute atomic E-state index is 0.231. The summed E-state index contributed by atoms with van der Waals surface area (Å²) in [6, 6.07) is 11.4. The Hall–Kier alpha value is -2.25. The van der Waals surface area contributed by atoms with Crippen molar-refractivity contribution in [3.63, 3.8) is 0 Å². The van der Waals surface area contributed by atoms with Gasteiger partial charge in [0, 0.05) is 5.02 Å². The summed E-state index contributed by atoms with van der Waals surface area (Å²) in [4.78, 5) is 13.1. The summed E-state index contributed by atoms with van der Waals surface area (Å²) in [6.45, 7) is 5.71. The fourth-order valence-corrected chi connectivity index (χ4v) is 4.68. The maximum Gasteiger partial charge on any atom is 0.244 e. The molecule has 2 atom stereocenters. The molecule has 0 bridgehead atoms. The second kappa shape index (κ2) is 10.2. The molecule has 0 saturated heterocycles. The van der Waals surface area contributed by atoms with Gasteiger partial charge in [-0.25, -0.2) is 8.42 Å². The van der Waals surface area contributed by atoms with Gasteiger partial charge in [0.05, 0.1) is 25.1 Å². The summed E-state index contributed by atoms with van der Waals surface area (Å²) in [5, 5.41) is 3.29. The third-order valence-corrected chi connectivity index (χ3v) is 6.36. The third-order valence-electron chi connectivity index (χ3n) is 4.95. The highest BCUT2D eigenvalue weighted by molar-refractivity contribution is 7.92. The maximum absolute atomic E-state index is 13.1. The molecule has 0 radical (unpaired) electrons. The van der Waals surface area contributed by atoms with E-state index in [1.165, 1.54) is 18.7 Å². The van der Waals surface area contributed by atoms with E-state index in [9.17, 15) is 13.2 Å². The van der Waals surface area contributed by atoms with Gasteiger partial charge < -0.3 is 10.1 Å². The number of ether oxygens (including phenoxy) is 1. The highest BCUT2D eigenvalue weighted by atomic mass is 35.5. The molecule has 30 heavy (non-hydrogen) atoms. The van der Waals surface area contributed by atoms with Crippen LogP contribution < -0.4 is 14.4 Å². The first-order valence-electron chi connectivity index (χ1n) is 9.84. The summed E-state index contributed by atoms with van der Waals surface area (Å²) >= 11 is 6.11. The minimum Gasteiger partial charge on any atom is -0.495 e. The van der Waals surface area contributed by atoms with Crippen molar-refractivity contribution in [2.45, 2.75) is 45.7 Å². The van der Waals surface area contributed by atoms with Gasteiger partial charge in [0.2, 0.25) is 15.9 Å². The second-order valence-corrected chi connectivity index (χ2v) is 9.42. The minimum atomic E-state index is -3.80. The predicted molar refractivity (Wildman–Crippen MR) is 122 cm³/mol. The van der Waals surface area contributed by atoms with Gasteiger partial charge in [-0.15, -0.1) is 0 Å². The van der Waals surface area contributed by atoms with Crippen molar-refractivity contribution in [1.29, 1.82) is 0 Å². The molecular weight excluding hydrogens is 424 g/mol. The van der Waals surface area contributed by atoms with E-state index in [1.54, 1.807) is 19.1 Å². The van der Waals surface area contributed by atoms with Crippen LogP contribution in [0.4, 0.5) is 5.69 Å². The van der Waals surface area contributed by atoms with Gasteiger partial charge in [0.1, 0.15) is 11.8 Å². The van der Waals surface area contributed by atoms with Crippen molar-refractivity contribution in [2.24, 2.45) is 0 Å². The molecule has 8 heteroatoms. The third kappa shape index (κ3) is 5.67. The number of sulfonamides is 1. The first kappa shape index (κ1) is 24.0. The topological polar surface area (TPSA) is 75.7 Å². The number of methoxy groups -OCH3 is 1. The fraction of sp³-hybridized carbons (Fsp3) is 0.409. The first-order valence-corrected chi connectivity index (χ1v) is 12.1. The molecule has 0 heterocycles.